The van der Waals surface area contributed by atoms with E-state index >= 15 is 0 Å². The Labute approximate surface area is 141 Å². The maximum Gasteiger partial charge on any atom is 0.407 e. The van der Waals surface area contributed by atoms with Crippen LogP contribution in [0.2, 0.25) is 0 Å². The summed E-state index contributed by atoms with van der Waals surface area (Å²) in [6.07, 6.45) is -3.59. The Morgan fingerprint density at radius 3 is 2.54 bits per heavy atom. The Kier molecular flexibility index (Phi) is 6.17. The van der Waals surface area contributed by atoms with Gasteiger partial charge >= 0.3 is 6.09 Å². The van der Waals surface area contributed by atoms with Gasteiger partial charge in [0.25, 0.3) is 0 Å². The molecule has 134 valence electrons. The van der Waals surface area contributed by atoms with Crippen LogP contribution in [-0.2, 0) is 14.2 Å². The molecule has 2 unspecified atom stereocenters. The number of aliphatic hydroxyl groups is 2. The van der Waals surface area contributed by atoms with Crippen molar-refractivity contribution in [1.29, 1.82) is 0 Å². The lowest BCUT2D eigenvalue weighted by molar-refractivity contribution is -0.0486. The van der Waals surface area contributed by atoms with Crippen molar-refractivity contribution in [3.05, 3.63) is 35.4 Å². The Morgan fingerprint density at radius 2 is 1.92 bits per heavy atom. The lowest BCUT2D eigenvalue weighted by atomic mass is 9.98. The lowest BCUT2D eigenvalue weighted by Gasteiger charge is -2.24. The number of ether oxygens (including phenoxy) is 3. The van der Waals surface area contributed by atoms with Crippen LogP contribution in [0.5, 0.6) is 0 Å². The Bertz CT molecular complexity index is 550. The highest BCUT2D eigenvalue weighted by Crippen LogP contribution is 2.30. The van der Waals surface area contributed by atoms with Crippen LogP contribution >= 0.6 is 0 Å². The molecule has 1 aromatic carbocycles. The third-order valence-corrected chi connectivity index (χ3v) is 3.41. The molecule has 1 saturated heterocycles. The minimum atomic E-state index is -1.19. The summed E-state index contributed by atoms with van der Waals surface area (Å²) in [4.78, 5) is 11.6. The number of carbonyl (C=O) groups is 1. The standard InChI is InChI=1S/C17H25NO6/c1-17(2,3)24-16(21)18-10-13(19)14(20)11-6-4-5-7-12(11)15-22-8-9-23-15/h4-7,13-15,19-20H,8-10H2,1-3H3,(H,18,21). The number of carbonyl (C=O) groups excluding carboxylic acids is 1. The van der Waals surface area contributed by atoms with Gasteiger partial charge in [0, 0.05) is 12.1 Å². The van der Waals surface area contributed by atoms with E-state index in [0.29, 0.717) is 24.3 Å². The highest BCUT2D eigenvalue weighted by atomic mass is 16.7. The average molecular weight is 339 g/mol. The minimum absolute atomic E-state index is 0.142. The largest absolute Gasteiger partial charge is 0.444 e. The van der Waals surface area contributed by atoms with Gasteiger partial charge in [-0.25, -0.2) is 4.79 Å². The first kappa shape index (κ1) is 18.7. The Morgan fingerprint density at radius 1 is 1.29 bits per heavy atom. The number of nitrogens with one attached hydrogen (secondary N) is 1. The SMILES string of the molecule is CC(C)(C)OC(=O)NCC(O)C(O)c1ccccc1C1OCCO1. The molecule has 3 N–H and O–H groups in total. The molecule has 1 aliphatic heterocycles. The summed E-state index contributed by atoms with van der Waals surface area (Å²) >= 11 is 0. The second-order valence-corrected chi connectivity index (χ2v) is 6.60. The van der Waals surface area contributed by atoms with Gasteiger partial charge < -0.3 is 29.7 Å². The number of rotatable bonds is 5. The molecule has 1 fully saturated rings. The number of alkyl carbamates (subject to hydrolysis) is 1. The van der Waals surface area contributed by atoms with Gasteiger partial charge in [-0.15, -0.1) is 0 Å². The summed E-state index contributed by atoms with van der Waals surface area (Å²) in [5.41, 5.74) is 0.541. The van der Waals surface area contributed by atoms with E-state index in [1.807, 2.05) is 6.07 Å². The van der Waals surface area contributed by atoms with Crippen molar-refractivity contribution in [3.63, 3.8) is 0 Å². The first-order valence-corrected chi connectivity index (χ1v) is 7.93. The molecular weight excluding hydrogens is 314 g/mol. The predicted molar refractivity (Wildman–Crippen MR) is 86.3 cm³/mol. The van der Waals surface area contributed by atoms with Gasteiger partial charge in [-0.1, -0.05) is 24.3 Å². The van der Waals surface area contributed by atoms with Crippen molar-refractivity contribution in [2.75, 3.05) is 19.8 Å². The molecule has 0 saturated carbocycles. The van der Waals surface area contributed by atoms with Crippen LogP contribution in [0.1, 0.15) is 44.3 Å². The van der Waals surface area contributed by atoms with Crippen LogP contribution in [0.3, 0.4) is 0 Å². The number of hydrogen-bond donors (Lipinski definition) is 3. The summed E-state index contributed by atoms with van der Waals surface area (Å²) in [5, 5.41) is 23.1. The number of amides is 1. The van der Waals surface area contributed by atoms with E-state index in [-0.39, 0.29) is 6.54 Å². The van der Waals surface area contributed by atoms with Crippen molar-refractivity contribution >= 4 is 6.09 Å². The van der Waals surface area contributed by atoms with E-state index in [9.17, 15) is 15.0 Å². The van der Waals surface area contributed by atoms with Crippen LogP contribution < -0.4 is 5.32 Å². The normalized spacial score (nSPS) is 18.2. The Hall–Kier alpha value is -1.67. The maximum atomic E-state index is 11.6. The van der Waals surface area contributed by atoms with Gasteiger partial charge in [0.2, 0.25) is 0 Å². The lowest BCUT2D eigenvalue weighted by Crippen LogP contribution is -2.39. The van der Waals surface area contributed by atoms with Crippen molar-refractivity contribution in [3.8, 4) is 0 Å². The zero-order valence-corrected chi connectivity index (χ0v) is 14.2. The average Bonchev–Trinajstić information content (AvgIpc) is 3.04. The summed E-state index contributed by atoms with van der Waals surface area (Å²) in [6, 6.07) is 7.04. The van der Waals surface area contributed by atoms with Gasteiger partial charge in [-0.05, 0) is 26.3 Å². The fourth-order valence-corrected chi connectivity index (χ4v) is 2.35. The van der Waals surface area contributed by atoms with Gasteiger partial charge in [-0.2, -0.15) is 0 Å². The molecule has 0 spiro atoms. The first-order chi connectivity index (χ1) is 11.3. The van der Waals surface area contributed by atoms with Gasteiger partial charge in [0.1, 0.15) is 17.8 Å². The molecule has 2 atom stereocenters. The fourth-order valence-electron chi connectivity index (χ4n) is 2.35. The summed E-state index contributed by atoms with van der Waals surface area (Å²) in [5.74, 6) is 0. The quantitative estimate of drug-likeness (QED) is 0.755. The molecule has 0 bridgehead atoms. The maximum absolute atomic E-state index is 11.6. The molecule has 1 amide bonds. The van der Waals surface area contributed by atoms with E-state index in [0.717, 1.165) is 0 Å². The van der Waals surface area contributed by atoms with Crippen molar-refractivity contribution in [2.24, 2.45) is 0 Å². The highest BCUT2D eigenvalue weighted by molar-refractivity contribution is 5.67. The van der Waals surface area contributed by atoms with Crippen LogP contribution in [0.25, 0.3) is 0 Å². The molecule has 1 aromatic rings. The smallest absolute Gasteiger partial charge is 0.407 e. The van der Waals surface area contributed by atoms with E-state index in [2.05, 4.69) is 5.32 Å². The molecule has 0 aliphatic carbocycles. The molecule has 0 aromatic heterocycles. The monoisotopic (exact) mass is 339 g/mol. The van der Waals surface area contributed by atoms with Gasteiger partial charge in [0.05, 0.1) is 13.2 Å². The van der Waals surface area contributed by atoms with Crippen LogP contribution in [0.4, 0.5) is 4.79 Å². The third-order valence-electron chi connectivity index (χ3n) is 3.41. The summed E-state index contributed by atoms with van der Waals surface area (Å²) in [7, 11) is 0. The highest BCUT2D eigenvalue weighted by Gasteiger charge is 2.27. The minimum Gasteiger partial charge on any atom is -0.444 e. The summed E-state index contributed by atoms with van der Waals surface area (Å²) in [6.45, 7) is 6.06. The van der Waals surface area contributed by atoms with Gasteiger partial charge in [-0.3, -0.25) is 0 Å². The molecular formula is C17H25NO6. The number of hydrogen-bond acceptors (Lipinski definition) is 6. The van der Waals surface area contributed by atoms with E-state index in [1.165, 1.54) is 0 Å². The molecule has 2 rings (SSSR count). The van der Waals surface area contributed by atoms with Crippen molar-refractivity contribution in [2.45, 2.75) is 44.9 Å². The molecule has 7 heteroatoms. The van der Waals surface area contributed by atoms with Crippen molar-refractivity contribution < 1.29 is 29.2 Å². The predicted octanol–water partition coefficient (Wildman–Crippen LogP) is 1.65. The van der Waals surface area contributed by atoms with E-state index in [1.54, 1.807) is 39.0 Å². The fraction of sp³-hybridized carbons (Fsp3) is 0.588. The van der Waals surface area contributed by atoms with E-state index in [4.69, 9.17) is 14.2 Å². The van der Waals surface area contributed by atoms with Crippen LogP contribution in [0, 0.1) is 0 Å². The molecule has 1 heterocycles. The second kappa shape index (κ2) is 7.94. The number of benzene rings is 1. The van der Waals surface area contributed by atoms with Crippen molar-refractivity contribution in [1.82, 2.24) is 5.32 Å². The second-order valence-electron chi connectivity index (χ2n) is 6.60. The molecule has 1 aliphatic rings. The molecule has 7 nitrogen and oxygen atoms in total. The number of aliphatic hydroxyl groups excluding tert-OH is 2. The van der Waals surface area contributed by atoms with Gasteiger partial charge in [0.15, 0.2) is 6.29 Å². The zero-order chi connectivity index (χ0) is 17.7. The topological polar surface area (TPSA) is 97.3 Å². The summed E-state index contributed by atoms with van der Waals surface area (Å²) < 4.78 is 16.0. The third kappa shape index (κ3) is 5.17. The van der Waals surface area contributed by atoms with Crippen LogP contribution in [0.15, 0.2) is 24.3 Å². The first-order valence-electron chi connectivity index (χ1n) is 7.93. The van der Waals surface area contributed by atoms with Crippen LogP contribution in [-0.4, -0.2) is 47.8 Å². The molecule has 24 heavy (non-hydrogen) atoms. The zero-order valence-electron chi connectivity index (χ0n) is 14.2. The molecule has 0 radical (unpaired) electrons. The Balaban J connectivity index is 1.98. The van der Waals surface area contributed by atoms with E-state index < -0.39 is 30.2 Å².